The van der Waals surface area contributed by atoms with E-state index in [9.17, 15) is 13.6 Å². The normalized spacial score (nSPS) is 10.0. The highest BCUT2D eigenvalue weighted by molar-refractivity contribution is 5.91. The fourth-order valence-electron chi connectivity index (χ4n) is 1.60. The van der Waals surface area contributed by atoms with Crippen LogP contribution in [0.25, 0.3) is 0 Å². The molecule has 0 aliphatic rings. The molecule has 0 aliphatic carbocycles. The molecule has 21 heavy (non-hydrogen) atoms. The van der Waals surface area contributed by atoms with E-state index in [2.05, 4.69) is 5.32 Å². The number of anilines is 1. The first-order valence-corrected chi connectivity index (χ1v) is 6.10. The molecule has 0 unspecified atom stereocenters. The summed E-state index contributed by atoms with van der Waals surface area (Å²) >= 11 is 0. The lowest BCUT2D eigenvalue weighted by Gasteiger charge is -2.08. The summed E-state index contributed by atoms with van der Waals surface area (Å²) in [5, 5.41) is 2.24. The molecule has 110 valence electrons. The first-order chi connectivity index (χ1) is 10.1. The molecule has 0 bridgehead atoms. The van der Waals surface area contributed by atoms with Gasteiger partial charge in [-0.1, -0.05) is 0 Å². The fraction of sp³-hybridized carbons (Fsp3) is 0.133. The van der Waals surface area contributed by atoms with Crippen LogP contribution in [0.2, 0.25) is 0 Å². The summed E-state index contributed by atoms with van der Waals surface area (Å²) in [5.74, 6) is -0.813. The number of benzene rings is 2. The van der Waals surface area contributed by atoms with Crippen molar-refractivity contribution in [2.24, 2.45) is 0 Å². The number of methoxy groups -OCH3 is 1. The zero-order valence-electron chi connectivity index (χ0n) is 11.2. The maximum Gasteiger partial charge on any atom is 0.262 e. The van der Waals surface area contributed by atoms with Gasteiger partial charge < -0.3 is 14.8 Å². The van der Waals surface area contributed by atoms with Gasteiger partial charge in [-0.3, -0.25) is 4.79 Å². The quantitative estimate of drug-likeness (QED) is 0.922. The van der Waals surface area contributed by atoms with Crippen molar-refractivity contribution in [1.82, 2.24) is 0 Å². The Morgan fingerprint density at radius 2 is 1.76 bits per heavy atom. The Kier molecular flexibility index (Phi) is 4.71. The van der Waals surface area contributed by atoms with Crippen molar-refractivity contribution in [3.63, 3.8) is 0 Å². The van der Waals surface area contributed by atoms with Crippen molar-refractivity contribution < 1.29 is 23.0 Å². The molecule has 0 saturated heterocycles. The Balaban J connectivity index is 1.91. The minimum atomic E-state index is -0.714. The van der Waals surface area contributed by atoms with Gasteiger partial charge in [-0.05, 0) is 36.4 Å². The molecule has 1 amide bonds. The third-order valence-electron chi connectivity index (χ3n) is 2.63. The van der Waals surface area contributed by atoms with Crippen LogP contribution in [0, 0.1) is 11.6 Å². The molecule has 0 atom stereocenters. The Labute approximate surface area is 120 Å². The highest BCUT2D eigenvalue weighted by Gasteiger charge is 2.09. The van der Waals surface area contributed by atoms with Crippen molar-refractivity contribution in [3.8, 4) is 11.5 Å². The van der Waals surface area contributed by atoms with E-state index in [1.807, 2.05) is 0 Å². The van der Waals surface area contributed by atoms with Gasteiger partial charge in [-0.2, -0.15) is 0 Å². The van der Waals surface area contributed by atoms with Gasteiger partial charge in [-0.25, -0.2) is 8.78 Å². The zero-order valence-corrected chi connectivity index (χ0v) is 11.2. The molecule has 0 aliphatic heterocycles. The SMILES string of the molecule is COc1ccc(OCC(=O)Nc2cc(F)ccc2F)cc1. The van der Waals surface area contributed by atoms with Crippen molar-refractivity contribution in [3.05, 3.63) is 54.1 Å². The van der Waals surface area contributed by atoms with E-state index in [4.69, 9.17) is 9.47 Å². The van der Waals surface area contributed by atoms with E-state index < -0.39 is 17.5 Å². The van der Waals surface area contributed by atoms with Crippen molar-refractivity contribution in [1.29, 1.82) is 0 Å². The fourth-order valence-corrected chi connectivity index (χ4v) is 1.60. The van der Waals surface area contributed by atoms with Crippen LogP contribution >= 0.6 is 0 Å². The molecule has 0 heterocycles. The van der Waals surface area contributed by atoms with Crippen LogP contribution < -0.4 is 14.8 Å². The van der Waals surface area contributed by atoms with Gasteiger partial charge >= 0.3 is 0 Å². The molecule has 6 heteroatoms. The topological polar surface area (TPSA) is 47.6 Å². The number of hydrogen-bond acceptors (Lipinski definition) is 3. The summed E-state index contributed by atoms with van der Waals surface area (Å²) in [6.07, 6.45) is 0. The minimum absolute atomic E-state index is 0.224. The molecule has 2 aromatic carbocycles. The predicted octanol–water partition coefficient (Wildman–Crippen LogP) is 2.99. The number of hydrogen-bond donors (Lipinski definition) is 1. The van der Waals surface area contributed by atoms with Crippen LogP contribution in [0.4, 0.5) is 14.5 Å². The molecule has 4 nitrogen and oxygen atoms in total. The highest BCUT2D eigenvalue weighted by Crippen LogP contribution is 2.18. The number of amides is 1. The number of carbonyl (C=O) groups is 1. The molecule has 2 aromatic rings. The van der Waals surface area contributed by atoms with Gasteiger partial charge in [-0.15, -0.1) is 0 Å². The minimum Gasteiger partial charge on any atom is -0.497 e. The maximum atomic E-state index is 13.3. The number of halogens is 2. The standard InChI is InChI=1S/C15H13F2NO3/c1-20-11-3-5-12(6-4-11)21-9-15(19)18-14-8-10(16)2-7-13(14)17/h2-8H,9H2,1H3,(H,18,19). The Hall–Kier alpha value is -2.63. The Morgan fingerprint density at radius 1 is 1.10 bits per heavy atom. The van der Waals surface area contributed by atoms with Gasteiger partial charge in [0.2, 0.25) is 0 Å². The summed E-state index contributed by atoms with van der Waals surface area (Å²) in [6, 6.07) is 9.44. The van der Waals surface area contributed by atoms with Gasteiger partial charge in [0, 0.05) is 6.07 Å². The van der Waals surface area contributed by atoms with Crippen molar-refractivity contribution in [2.75, 3.05) is 19.0 Å². The van der Waals surface area contributed by atoms with Crippen LogP contribution in [-0.2, 0) is 4.79 Å². The second-order valence-electron chi connectivity index (χ2n) is 4.14. The van der Waals surface area contributed by atoms with Gasteiger partial charge in [0.1, 0.15) is 23.1 Å². The van der Waals surface area contributed by atoms with Crippen LogP contribution in [0.1, 0.15) is 0 Å². The van der Waals surface area contributed by atoms with Crippen LogP contribution in [0.15, 0.2) is 42.5 Å². The first kappa shape index (κ1) is 14.8. The van der Waals surface area contributed by atoms with Crippen molar-refractivity contribution >= 4 is 11.6 Å². The van der Waals surface area contributed by atoms with Crippen molar-refractivity contribution in [2.45, 2.75) is 0 Å². The van der Waals surface area contributed by atoms with E-state index in [0.717, 1.165) is 18.2 Å². The number of ether oxygens (including phenoxy) is 2. The van der Waals surface area contributed by atoms with Crippen LogP contribution in [-0.4, -0.2) is 19.6 Å². The molecular weight excluding hydrogens is 280 g/mol. The highest BCUT2D eigenvalue weighted by atomic mass is 19.1. The van der Waals surface area contributed by atoms with Crippen LogP contribution in [0.5, 0.6) is 11.5 Å². The summed E-state index contributed by atoms with van der Waals surface area (Å²) in [4.78, 5) is 11.6. The number of nitrogens with one attached hydrogen (secondary N) is 1. The Bertz CT molecular complexity index is 629. The van der Waals surface area contributed by atoms with Gasteiger partial charge in [0.15, 0.2) is 6.61 Å². The van der Waals surface area contributed by atoms with Gasteiger partial charge in [0.25, 0.3) is 5.91 Å². The van der Waals surface area contributed by atoms with E-state index in [0.29, 0.717) is 11.5 Å². The number of carbonyl (C=O) groups excluding carboxylic acids is 1. The maximum absolute atomic E-state index is 13.3. The summed E-state index contributed by atoms with van der Waals surface area (Å²) in [7, 11) is 1.54. The summed E-state index contributed by atoms with van der Waals surface area (Å²) < 4.78 is 36.5. The Morgan fingerprint density at radius 3 is 2.43 bits per heavy atom. The molecule has 0 radical (unpaired) electrons. The zero-order chi connectivity index (χ0) is 15.2. The molecule has 2 rings (SSSR count). The van der Waals surface area contributed by atoms with E-state index in [1.54, 1.807) is 24.3 Å². The largest absolute Gasteiger partial charge is 0.497 e. The molecule has 0 fully saturated rings. The average Bonchev–Trinajstić information content (AvgIpc) is 2.49. The lowest BCUT2D eigenvalue weighted by atomic mass is 10.3. The molecule has 1 N–H and O–H groups in total. The third kappa shape index (κ3) is 4.17. The summed E-state index contributed by atoms with van der Waals surface area (Å²) in [5.41, 5.74) is -0.224. The lowest BCUT2D eigenvalue weighted by molar-refractivity contribution is -0.118. The predicted molar refractivity (Wildman–Crippen MR) is 73.5 cm³/mol. The molecule has 0 spiro atoms. The average molecular weight is 293 g/mol. The monoisotopic (exact) mass is 293 g/mol. The van der Waals surface area contributed by atoms with Crippen LogP contribution in [0.3, 0.4) is 0 Å². The number of rotatable bonds is 5. The second kappa shape index (κ2) is 6.69. The molecular formula is C15H13F2NO3. The molecule has 0 saturated carbocycles. The molecule has 0 aromatic heterocycles. The van der Waals surface area contributed by atoms with Gasteiger partial charge in [0.05, 0.1) is 12.8 Å². The second-order valence-corrected chi connectivity index (χ2v) is 4.14. The summed E-state index contributed by atoms with van der Waals surface area (Å²) in [6.45, 7) is -0.317. The van der Waals surface area contributed by atoms with E-state index in [-0.39, 0.29) is 12.3 Å². The van der Waals surface area contributed by atoms with E-state index in [1.165, 1.54) is 7.11 Å². The van der Waals surface area contributed by atoms with E-state index >= 15 is 0 Å². The first-order valence-electron chi connectivity index (χ1n) is 6.10. The third-order valence-corrected chi connectivity index (χ3v) is 2.63. The smallest absolute Gasteiger partial charge is 0.262 e. The lowest BCUT2D eigenvalue weighted by Crippen LogP contribution is -2.20.